The number of aromatic nitrogens is 13. The maximum Gasteiger partial charge on any atom is 0.289 e. The van der Waals surface area contributed by atoms with E-state index in [-0.39, 0.29) is 69.9 Å². The van der Waals surface area contributed by atoms with Gasteiger partial charge in [0.25, 0.3) is 10.4 Å². The lowest BCUT2D eigenvalue weighted by Gasteiger charge is -2.07. The van der Waals surface area contributed by atoms with E-state index in [0.29, 0.717) is 55.5 Å². The Bertz CT molecular complexity index is 5370. The second-order valence-electron chi connectivity index (χ2n) is 25.1. The highest BCUT2D eigenvalue weighted by molar-refractivity contribution is 8.04. The quantitative estimate of drug-likeness (QED) is 0.0182. The summed E-state index contributed by atoms with van der Waals surface area (Å²) in [6.07, 6.45) is 16.0. The third-order valence-electron chi connectivity index (χ3n) is 15.4. The topological polar surface area (TPSA) is 272 Å². The average molecular weight is 1720 g/mol. The molecule has 6 heterocycles. The van der Waals surface area contributed by atoms with Crippen LogP contribution in [0.4, 0.5) is 17.6 Å². The Morgan fingerprint density at radius 3 is 1.24 bits per heavy atom. The van der Waals surface area contributed by atoms with Crippen molar-refractivity contribution in [3.63, 3.8) is 0 Å². The molecule has 0 amide bonds. The summed E-state index contributed by atoms with van der Waals surface area (Å²) in [7, 11) is 1.89. The molecule has 0 aliphatic carbocycles. The van der Waals surface area contributed by atoms with E-state index in [0.717, 1.165) is 61.8 Å². The van der Waals surface area contributed by atoms with Crippen molar-refractivity contribution < 1.29 is 55.3 Å². The molecule has 0 radical (unpaired) electrons. The summed E-state index contributed by atoms with van der Waals surface area (Å²) in [5.74, 6) is 0.0605. The van der Waals surface area contributed by atoms with E-state index in [1.54, 1.807) is 69.3 Å². The lowest BCUT2D eigenvalue weighted by atomic mass is 10.1. The van der Waals surface area contributed by atoms with Gasteiger partial charge in [-0.2, -0.15) is 4.98 Å². The summed E-state index contributed by atoms with van der Waals surface area (Å²) in [6, 6.07) is 37.1. The van der Waals surface area contributed by atoms with Gasteiger partial charge in [-0.1, -0.05) is 140 Å². The largest absolute Gasteiger partial charge is 0.415 e. The van der Waals surface area contributed by atoms with Crippen LogP contribution in [-0.4, -0.2) is 99.1 Å². The Kier molecular flexibility index (Phi) is 39.1. The SMILES string of the molecule is CC(C)c1nnc(S/C=C/C(=O)c2ccc(F)cc2)o1.CC(C)n1cnnc1S/C=C/C(=O)c1ccc(F)cc1.CCCn1ccnc1S/C=C/C(=O)c1ccc(F)cc1.CCc1nnc(S/C=C/C(=O)c2ccc(F)cc2)n1C.Cc1ccc(C(=O)/C=C/Sc2nc(C)c(C)s2)cc1.Cc1ccc(C(=O)/C=C/Sc2nc(C)no2)cc1. The summed E-state index contributed by atoms with van der Waals surface area (Å²) in [5, 5.41) is 40.5. The first kappa shape index (κ1) is 93.2. The Hall–Kier alpha value is -11.0. The van der Waals surface area contributed by atoms with Gasteiger partial charge in [-0.25, -0.2) is 27.5 Å². The third kappa shape index (κ3) is 32.5. The van der Waals surface area contributed by atoms with E-state index in [1.165, 1.54) is 203 Å². The summed E-state index contributed by atoms with van der Waals surface area (Å²) >= 11 is 9.58. The first-order chi connectivity index (χ1) is 56.2. The van der Waals surface area contributed by atoms with E-state index in [2.05, 4.69) is 64.5 Å². The Morgan fingerprint density at radius 2 is 0.872 bits per heavy atom. The molecule has 0 spiro atoms. The summed E-state index contributed by atoms with van der Waals surface area (Å²) in [5.41, 5.74) is 6.54. The Balaban J connectivity index is 0.000000194. The lowest BCUT2D eigenvalue weighted by Crippen LogP contribution is -2.00. The number of halogens is 4. The minimum atomic E-state index is -0.369. The molecular formula is C85H83F4N13O8S7. The molecule has 0 bridgehead atoms. The van der Waals surface area contributed by atoms with Gasteiger partial charge >= 0.3 is 0 Å². The second kappa shape index (κ2) is 49.2. The normalized spacial score (nSPS) is 11.2. The van der Waals surface area contributed by atoms with Crippen molar-refractivity contribution in [2.24, 2.45) is 7.05 Å². The Labute approximate surface area is 705 Å². The standard InChI is InChI=1S/C15H15FN2OS.C15H15NOS2.2C14H14FN3OS.C14H13FN2O2S.C13H12N2O2S/c1-2-9-18-10-8-17-15(18)20-11-7-14(19)12-3-5-13(16)6-4-12;1-10-4-6-13(7-5-10)14(17)8-9-18-15-16-11(2)12(3)19-15;1-10(2)18-9-16-17-14(18)20-8-7-13(19)11-3-5-12(15)6-4-11;1-3-13-16-17-14(18(13)2)20-9-8-12(19)10-4-6-11(15)7-5-10;1-9(2)13-16-17-14(19-13)20-8-7-12(18)10-3-5-11(15)6-4-10;1-9-3-5-11(6-4-9)12(16)7-8-18-13-14-10(2)15-17-13/h3-8,10-11H,2,9H2,1H3;4-9H,1-3H3;3-10H,1-2H3;4-9H,3H2,1-2H3;3-9H,1-2H3;3-8H,1-2H3/b11-7+;9-8+;8-7+;9-8+;2*8-7+. The van der Waals surface area contributed by atoms with Crippen molar-refractivity contribution in [2.45, 2.75) is 138 Å². The molecule has 0 atom stereocenters. The molecule has 0 aliphatic rings. The monoisotopic (exact) mass is 1710 g/mol. The molecule has 0 N–H and O–H groups in total. The number of hydrogen-bond donors (Lipinski definition) is 0. The molecule has 0 unspecified atom stereocenters. The van der Waals surface area contributed by atoms with E-state index in [1.807, 2.05) is 131 Å². The van der Waals surface area contributed by atoms with E-state index < -0.39 is 0 Å². The fraction of sp³-hybridized carbons (Fsp3) is 0.200. The number of nitrogens with zero attached hydrogens (tertiary/aromatic N) is 13. The van der Waals surface area contributed by atoms with Gasteiger partial charge < -0.3 is 22.6 Å². The molecule has 6 aromatic carbocycles. The molecular weight excluding hydrogens is 1630 g/mol. The van der Waals surface area contributed by atoms with Crippen LogP contribution in [0.1, 0.15) is 161 Å². The molecule has 21 nitrogen and oxygen atoms in total. The van der Waals surface area contributed by atoms with Crippen LogP contribution in [0.25, 0.3) is 0 Å². The molecule has 606 valence electrons. The molecule has 0 saturated heterocycles. The van der Waals surface area contributed by atoms with Crippen LogP contribution in [0.2, 0.25) is 0 Å². The molecule has 117 heavy (non-hydrogen) atoms. The zero-order chi connectivity index (χ0) is 84.8. The number of benzene rings is 6. The van der Waals surface area contributed by atoms with Crippen molar-refractivity contribution in [1.29, 1.82) is 0 Å². The van der Waals surface area contributed by atoms with Crippen LogP contribution in [0.15, 0.2) is 272 Å². The predicted octanol–water partition coefficient (Wildman–Crippen LogP) is 22.0. The van der Waals surface area contributed by atoms with Crippen molar-refractivity contribution in [2.75, 3.05) is 0 Å². The highest BCUT2D eigenvalue weighted by atomic mass is 32.2. The molecule has 0 saturated carbocycles. The summed E-state index contributed by atoms with van der Waals surface area (Å²) in [4.78, 5) is 84.8. The summed E-state index contributed by atoms with van der Waals surface area (Å²) < 4.78 is 68.1. The van der Waals surface area contributed by atoms with Gasteiger partial charge in [-0.05, 0) is 244 Å². The second-order valence-corrected chi connectivity index (χ2v) is 31.8. The number of imidazole rings is 1. The van der Waals surface area contributed by atoms with Crippen molar-refractivity contribution in [3.05, 3.63) is 329 Å². The number of thioether (sulfide) groups is 6. The first-order valence-electron chi connectivity index (χ1n) is 35.9. The van der Waals surface area contributed by atoms with Gasteiger partial charge in [0.1, 0.15) is 35.4 Å². The zero-order valence-corrected chi connectivity index (χ0v) is 71.5. The first-order valence-corrected chi connectivity index (χ1v) is 42.0. The summed E-state index contributed by atoms with van der Waals surface area (Å²) in [6.45, 7) is 22.8. The van der Waals surface area contributed by atoms with Crippen molar-refractivity contribution in [3.8, 4) is 0 Å². The van der Waals surface area contributed by atoms with Crippen LogP contribution in [-0.2, 0) is 20.0 Å². The van der Waals surface area contributed by atoms with Crippen molar-refractivity contribution >= 4 is 117 Å². The number of hydrogen-bond acceptors (Lipinski definition) is 25. The highest BCUT2D eigenvalue weighted by Crippen LogP contribution is 2.29. The smallest absolute Gasteiger partial charge is 0.289 e. The van der Waals surface area contributed by atoms with E-state index in [4.69, 9.17) is 8.94 Å². The third-order valence-corrected chi connectivity index (χ3v) is 21.1. The van der Waals surface area contributed by atoms with Gasteiger partial charge in [-0.15, -0.1) is 41.9 Å². The molecule has 12 rings (SSSR count). The van der Waals surface area contributed by atoms with Crippen molar-refractivity contribution in [1.82, 2.24) is 64.4 Å². The fourth-order valence-electron chi connectivity index (χ4n) is 8.97. The van der Waals surface area contributed by atoms with Crippen LogP contribution >= 0.6 is 81.9 Å². The van der Waals surface area contributed by atoms with Crippen LogP contribution < -0.4 is 0 Å². The fourth-order valence-corrected chi connectivity index (χ4v) is 14.1. The number of aryl methyl sites for hydroxylation is 7. The maximum atomic E-state index is 12.8. The maximum absolute atomic E-state index is 12.8. The Morgan fingerprint density at radius 1 is 0.470 bits per heavy atom. The van der Waals surface area contributed by atoms with Gasteiger partial charge in [0.05, 0.1) is 5.69 Å². The van der Waals surface area contributed by atoms with Crippen LogP contribution in [0, 0.1) is 57.9 Å². The minimum absolute atomic E-state index is 0.0255. The molecule has 12 aromatic rings. The molecule has 0 aliphatic heterocycles. The van der Waals surface area contributed by atoms with Gasteiger partial charge in [-0.3, -0.25) is 28.8 Å². The zero-order valence-electron chi connectivity index (χ0n) is 65.7. The number of allylic oxidation sites excluding steroid dienone is 6. The van der Waals surface area contributed by atoms with Gasteiger partial charge in [0.15, 0.2) is 60.3 Å². The predicted molar refractivity (Wildman–Crippen MR) is 456 cm³/mol. The van der Waals surface area contributed by atoms with Crippen LogP contribution in [0.5, 0.6) is 0 Å². The number of carbonyl (C=O) groups is 6. The van der Waals surface area contributed by atoms with Gasteiger partial charge in [0, 0.05) is 82.6 Å². The number of ketones is 6. The van der Waals surface area contributed by atoms with E-state index >= 15 is 0 Å². The molecule has 32 heteroatoms. The minimum Gasteiger partial charge on any atom is -0.415 e. The van der Waals surface area contributed by atoms with Gasteiger partial charge in [0.2, 0.25) is 5.89 Å². The molecule has 6 aromatic heterocycles. The number of rotatable bonds is 29. The van der Waals surface area contributed by atoms with Crippen LogP contribution in [0.3, 0.4) is 0 Å². The highest BCUT2D eigenvalue weighted by Gasteiger charge is 2.14. The number of carbonyl (C=O) groups excluding carboxylic acids is 6. The molecule has 0 fully saturated rings. The number of thiazole rings is 1. The lowest BCUT2D eigenvalue weighted by molar-refractivity contribution is 0.103. The van der Waals surface area contributed by atoms with E-state index in [9.17, 15) is 46.3 Å². The average Bonchev–Trinajstić information content (AvgIpc) is 1.67.